The first-order valence-corrected chi connectivity index (χ1v) is 8.84. The Morgan fingerprint density at radius 2 is 1.96 bits per heavy atom. The van der Waals surface area contributed by atoms with Crippen LogP contribution in [0.1, 0.15) is 23.5 Å². The average Bonchev–Trinajstić information content (AvgIpc) is 2.60. The van der Waals surface area contributed by atoms with E-state index in [0.29, 0.717) is 11.3 Å². The van der Waals surface area contributed by atoms with Crippen LogP contribution in [0.2, 0.25) is 0 Å². The predicted molar refractivity (Wildman–Crippen MR) is 88.9 cm³/mol. The number of para-hydroxylation sites is 1. The second-order valence-corrected chi connectivity index (χ2v) is 7.18. The van der Waals surface area contributed by atoms with Gasteiger partial charge in [-0.2, -0.15) is 5.26 Å². The first kappa shape index (κ1) is 16.7. The van der Waals surface area contributed by atoms with Gasteiger partial charge in [0.25, 0.3) is 10.0 Å². The summed E-state index contributed by atoms with van der Waals surface area (Å²) in [6.45, 7) is 0. The van der Waals surface area contributed by atoms with Crippen molar-refractivity contribution < 1.29 is 18.0 Å². The van der Waals surface area contributed by atoms with Crippen LogP contribution < -0.4 is 10.0 Å². The maximum absolute atomic E-state index is 12.5. The van der Waals surface area contributed by atoms with Crippen molar-refractivity contribution in [3.8, 4) is 6.07 Å². The van der Waals surface area contributed by atoms with Crippen LogP contribution >= 0.6 is 0 Å². The summed E-state index contributed by atoms with van der Waals surface area (Å²) in [7, 11) is -4.14. The third kappa shape index (κ3) is 3.36. The average molecular weight is 355 g/mol. The molecule has 0 bridgehead atoms. The highest BCUT2D eigenvalue weighted by Gasteiger charge is 2.32. The van der Waals surface area contributed by atoms with Crippen molar-refractivity contribution in [1.29, 1.82) is 5.26 Å². The van der Waals surface area contributed by atoms with Crippen molar-refractivity contribution in [3.05, 3.63) is 59.7 Å². The lowest BCUT2D eigenvalue weighted by Crippen LogP contribution is -2.38. The lowest BCUT2D eigenvalue weighted by molar-refractivity contribution is -0.125. The molecule has 8 heteroatoms. The van der Waals surface area contributed by atoms with Crippen LogP contribution in [0.15, 0.2) is 53.4 Å². The minimum Gasteiger partial charge on any atom is -0.326 e. The predicted octanol–water partition coefficient (Wildman–Crippen LogP) is 1.49. The van der Waals surface area contributed by atoms with Gasteiger partial charge in [-0.15, -0.1) is 0 Å². The van der Waals surface area contributed by atoms with E-state index in [9.17, 15) is 18.0 Å². The highest BCUT2D eigenvalue weighted by atomic mass is 32.2. The van der Waals surface area contributed by atoms with Crippen LogP contribution in [0.4, 0.5) is 5.69 Å². The Bertz CT molecular complexity index is 1010. The summed E-state index contributed by atoms with van der Waals surface area (Å²) in [4.78, 5) is 24.1. The Hall–Kier alpha value is -3.18. The zero-order valence-corrected chi connectivity index (χ0v) is 13.7. The number of hydrogen-bond donors (Lipinski definition) is 2. The van der Waals surface area contributed by atoms with Gasteiger partial charge >= 0.3 is 0 Å². The summed E-state index contributed by atoms with van der Waals surface area (Å²) in [6.07, 6.45) is -0.142. The van der Waals surface area contributed by atoms with E-state index in [1.165, 1.54) is 24.3 Å². The first-order valence-electron chi connectivity index (χ1n) is 7.36. The number of amides is 2. The van der Waals surface area contributed by atoms with Crippen molar-refractivity contribution in [2.75, 3.05) is 5.32 Å². The topological polar surface area (TPSA) is 116 Å². The van der Waals surface area contributed by atoms with E-state index in [1.807, 2.05) is 10.8 Å². The fraction of sp³-hybridized carbons (Fsp3) is 0.118. The van der Waals surface area contributed by atoms with Crippen molar-refractivity contribution in [2.45, 2.75) is 17.2 Å². The van der Waals surface area contributed by atoms with Gasteiger partial charge in [-0.1, -0.05) is 24.3 Å². The lowest BCUT2D eigenvalue weighted by atomic mass is 9.90. The maximum atomic E-state index is 12.5. The van der Waals surface area contributed by atoms with Crippen LogP contribution in [0, 0.1) is 11.3 Å². The smallest absolute Gasteiger partial charge is 0.264 e. The molecule has 126 valence electrons. The highest BCUT2D eigenvalue weighted by Crippen LogP contribution is 2.32. The molecule has 7 nitrogen and oxygen atoms in total. The molecule has 2 N–H and O–H groups in total. The zero-order valence-electron chi connectivity index (χ0n) is 12.9. The maximum Gasteiger partial charge on any atom is 0.264 e. The molecule has 0 fully saturated rings. The summed E-state index contributed by atoms with van der Waals surface area (Å²) in [5.41, 5.74) is 1.21. The van der Waals surface area contributed by atoms with Crippen LogP contribution in [-0.4, -0.2) is 20.2 Å². The number of nitrogens with one attached hydrogen (secondary N) is 2. The number of nitrogens with zero attached hydrogens (tertiary/aromatic N) is 1. The lowest BCUT2D eigenvalue weighted by Gasteiger charge is -2.24. The Morgan fingerprint density at radius 1 is 1.20 bits per heavy atom. The molecule has 0 saturated carbocycles. The van der Waals surface area contributed by atoms with Gasteiger partial charge in [0.2, 0.25) is 11.8 Å². The van der Waals surface area contributed by atoms with Gasteiger partial charge in [-0.3, -0.25) is 9.59 Å². The Balaban J connectivity index is 1.89. The molecule has 3 rings (SSSR count). The van der Waals surface area contributed by atoms with Gasteiger partial charge in [0.1, 0.15) is 0 Å². The number of hydrogen-bond acceptors (Lipinski definition) is 5. The Kier molecular flexibility index (Phi) is 4.25. The molecule has 0 spiro atoms. The standard InChI is InChI=1S/C17H13N3O4S/c18-10-11-4-3-5-12(8-11)25(23,24)20-17(22)14-9-16(21)19-15-7-2-1-6-13(14)15/h1-8,14H,9H2,(H,19,21)(H,20,22)/t14-/m1/s1. The summed E-state index contributed by atoms with van der Waals surface area (Å²) in [6, 6.07) is 13.9. The SMILES string of the molecule is N#Cc1cccc(S(=O)(=O)NC(=O)[C@@H]2CC(=O)Nc3ccccc32)c1. The molecule has 1 aliphatic heterocycles. The van der Waals surface area contributed by atoms with Crippen LogP contribution in [0.3, 0.4) is 0 Å². The molecule has 2 amide bonds. The number of benzene rings is 2. The first-order chi connectivity index (χ1) is 11.9. The summed E-state index contributed by atoms with van der Waals surface area (Å²) >= 11 is 0. The molecule has 0 aromatic heterocycles. The number of fused-ring (bicyclic) bond motifs is 1. The van der Waals surface area contributed by atoms with E-state index in [-0.39, 0.29) is 22.8 Å². The van der Waals surface area contributed by atoms with E-state index in [0.717, 1.165) is 0 Å². The van der Waals surface area contributed by atoms with Crippen molar-refractivity contribution in [3.63, 3.8) is 0 Å². The molecule has 0 aliphatic carbocycles. The molecule has 0 radical (unpaired) electrons. The molecule has 1 atom stereocenters. The summed E-state index contributed by atoms with van der Waals surface area (Å²) in [5, 5.41) is 11.5. The third-order valence-electron chi connectivity index (χ3n) is 3.82. The monoisotopic (exact) mass is 355 g/mol. The highest BCUT2D eigenvalue weighted by molar-refractivity contribution is 7.90. The molecule has 2 aromatic rings. The molecule has 25 heavy (non-hydrogen) atoms. The van der Waals surface area contributed by atoms with Crippen LogP contribution in [0.25, 0.3) is 0 Å². The van der Waals surface area contributed by atoms with E-state index < -0.39 is 21.8 Å². The van der Waals surface area contributed by atoms with Gasteiger partial charge < -0.3 is 5.32 Å². The van der Waals surface area contributed by atoms with E-state index >= 15 is 0 Å². The van der Waals surface area contributed by atoms with Crippen LogP contribution in [0.5, 0.6) is 0 Å². The normalized spacial score (nSPS) is 16.3. The number of carbonyl (C=O) groups excluding carboxylic acids is 2. The molecule has 0 saturated heterocycles. The number of carbonyl (C=O) groups is 2. The molecular weight excluding hydrogens is 342 g/mol. The fourth-order valence-corrected chi connectivity index (χ4v) is 3.71. The second kappa shape index (κ2) is 6.37. The molecule has 1 aliphatic rings. The van der Waals surface area contributed by atoms with Crippen molar-refractivity contribution in [2.24, 2.45) is 0 Å². The Labute approximate surface area is 144 Å². The van der Waals surface area contributed by atoms with Gasteiger partial charge in [-0.05, 0) is 29.8 Å². The van der Waals surface area contributed by atoms with Crippen LogP contribution in [-0.2, 0) is 19.6 Å². The van der Waals surface area contributed by atoms with Gasteiger partial charge in [0, 0.05) is 12.1 Å². The summed E-state index contributed by atoms with van der Waals surface area (Å²) < 4.78 is 26.8. The third-order valence-corrected chi connectivity index (χ3v) is 5.17. The Morgan fingerprint density at radius 3 is 2.72 bits per heavy atom. The minimum absolute atomic E-state index is 0.142. The molecule has 2 aromatic carbocycles. The number of rotatable bonds is 3. The molecule has 1 heterocycles. The van der Waals surface area contributed by atoms with Gasteiger partial charge in [0.05, 0.1) is 22.4 Å². The van der Waals surface area contributed by atoms with Gasteiger partial charge in [-0.25, -0.2) is 13.1 Å². The molecular formula is C17H13N3O4S. The fourth-order valence-electron chi connectivity index (χ4n) is 2.64. The largest absolute Gasteiger partial charge is 0.326 e. The summed E-state index contributed by atoms with van der Waals surface area (Å²) in [5.74, 6) is -2.05. The van der Waals surface area contributed by atoms with E-state index in [2.05, 4.69) is 5.32 Å². The van der Waals surface area contributed by atoms with Crippen molar-refractivity contribution >= 4 is 27.5 Å². The quantitative estimate of drug-likeness (QED) is 0.865. The number of sulfonamides is 1. The molecule has 0 unspecified atom stereocenters. The van der Waals surface area contributed by atoms with Crippen molar-refractivity contribution in [1.82, 2.24) is 4.72 Å². The van der Waals surface area contributed by atoms with E-state index in [1.54, 1.807) is 24.3 Å². The van der Waals surface area contributed by atoms with Gasteiger partial charge in [0.15, 0.2) is 0 Å². The minimum atomic E-state index is -4.14. The zero-order chi connectivity index (χ0) is 18.0. The number of nitriles is 1. The van der Waals surface area contributed by atoms with E-state index in [4.69, 9.17) is 5.26 Å². The number of anilines is 1. The second-order valence-electron chi connectivity index (χ2n) is 5.50.